The van der Waals surface area contributed by atoms with Crippen LogP contribution in [0.5, 0.6) is 0 Å². The van der Waals surface area contributed by atoms with Gasteiger partial charge in [-0.25, -0.2) is 8.78 Å². The monoisotopic (exact) mass is 429 g/mol. The number of para-hydroxylation sites is 1. The van der Waals surface area contributed by atoms with Crippen molar-refractivity contribution in [2.45, 2.75) is 39.2 Å². The van der Waals surface area contributed by atoms with Crippen LogP contribution in [0.4, 0.5) is 14.5 Å². The van der Waals surface area contributed by atoms with E-state index in [1.165, 1.54) is 0 Å². The molecule has 0 radical (unpaired) electrons. The van der Waals surface area contributed by atoms with E-state index in [-0.39, 0.29) is 17.5 Å². The highest BCUT2D eigenvalue weighted by Crippen LogP contribution is 2.24. The molecule has 1 aliphatic heterocycles. The van der Waals surface area contributed by atoms with Gasteiger partial charge in [-0.1, -0.05) is 32.4 Å². The van der Waals surface area contributed by atoms with Gasteiger partial charge in [-0.05, 0) is 43.0 Å². The van der Waals surface area contributed by atoms with Crippen molar-refractivity contribution in [3.8, 4) is 0 Å². The molecule has 3 rings (SSSR count). The minimum Gasteiger partial charge on any atom is -0.371 e. The number of anilines is 1. The molecule has 1 saturated heterocycles. The number of amides is 2. The fourth-order valence-corrected chi connectivity index (χ4v) is 3.65. The van der Waals surface area contributed by atoms with Crippen LogP contribution in [0.3, 0.4) is 0 Å². The molecule has 0 aromatic heterocycles. The number of carbonyl (C=O) groups is 2. The Kier molecular flexibility index (Phi) is 7.60. The van der Waals surface area contributed by atoms with Gasteiger partial charge in [0.1, 0.15) is 11.6 Å². The first-order valence-electron chi connectivity index (χ1n) is 10.8. The molecule has 166 valence electrons. The molecule has 0 bridgehead atoms. The summed E-state index contributed by atoms with van der Waals surface area (Å²) < 4.78 is 26.9. The maximum Gasteiger partial charge on any atom is 0.254 e. The Morgan fingerprint density at radius 2 is 1.77 bits per heavy atom. The fourth-order valence-electron chi connectivity index (χ4n) is 3.65. The topological polar surface area (TPSA) is 61.4 Å². The summed E-state index contributed by atoms with van der Waals surface area (Å²) >= 11 is 0. The summed E-state index contributed by atoms with van der Waals surface area (Å²) in [6, 6.07) is 10.4. The standard InChI is InChI=1S/C24H29F2N3O2/c1-3-16(2)15-27-23(30)20-6-4-5-7-22(20)29-12-10-18(11-13-29)28-24(31)19-9-8-17(25)14-21(19)26/h4-9,14,16,18H,3,10-13,15H2,1-2H3,(H,27,30)(H,28,31)/t16-/m1/s1. The lowest BCUT2D eigenvalue weighted by molar-refractivity contribution is 0.0925. The molecule has 7 heteroatoms. The number of halogens is 2. The van der Waals surface area contributed by atoms with Crippen LogP contribution in [0, 0.1) is 17.6 Å². The molecule has 1 atom stereocenters. The van der Waals surface area contributed by atoms with Crippen LogP contribution < -0.4 is 15.5 Å². The van der Waals surface area contributed by atoms with Crippen molar-refractivity contribution in [1.29, 1.82) is 0 Å². The van der Waals surface area contributed by atoms with Crippen molar-refractivity contribution in [2.75, 3.05) is 24.5 Å². The van der Waals surface area contributed by atoms with Crippen molar-refractivity contribution in [3.05, 3.63) is 65.2 Å². The second kappa shape index (κ2) is 10.4. The van der Waals surface area contributed by atoms with Gasteiger partial charge in [0.05, 0.1) is 11.1 Å². The lowest BCUT2D eigenvalue weighted by Gasteiger charge is -2.35. The van der Waals surface area contributed by atoms with Gasteiger partial charge in [-0.2, -0.15) is 0 Å². The number of piperidine rings is 1. The molecule has 2 N–H and O–H groups in total. The largest absolute Gasteiger partial charge is 0.371 e. The van der Waals surface area contributed by atoms with E-state index in [0.717, 1.165) is 24.2 Å². The van der Waals surface area contributed by atoms with E-state index >= 15 is 0 Å². The summed E-state index contributed by atoms with van der Waals surface area (Å²) in [5, 5.41) is 5.84. The average Bonchev–Trinajstić information content (AvgIpc) is 2.77. The molecule has 2 amide bonds. The summed E-state index contributed by atoms with van der Waals surface area (Å²) in [6.45, 7) is 6.15. The summed E-state index contributed by atoms with van der Waals surface area (Å²) in [4.78, 5) is 27.2. The third-order valence-corrected chi connectivity index (χ3v) is 5.80. The van der Waals surface area contributed by atoms with Crippen LogP contribution in [0.2, 0.25) is 0 Å². The van der Waals surface area contributed by atoms with Gasteiger partial charge in [0.2, 0.25) is 0 Å². The van der Waals surface area contributed by atoms with E-state index in [9.17, 15) is 18.4 Å². The molecular weight excluding hydrogens is 400 g/mol. The number of nitrogens with zero attached hydrogens (tertiary/aromatic N) is 1. The number of benzene rings is 2. The van der Waals surface area contributed by atoms with E-state index in [0.29, 0.717) is 50.0 Å². The number of nitrogens with one attached hydrogen (secondary N) is 2. The van der Waals surface area contributed by atoms with Crippen molar-refractivity contribution >= 4 is 17.5 Å². The van der Waals surface area contributed by atoms with Crippen molar-refractivity contribution in [3.63, 3.8) is 0 Å². The Bertz CT molecular complexity index is 927. The molecule has 31 heavy (non-hydrogen) atoms. The highest BCUT2D eigenvalue weighted by Gasteiger charge is 2.25. The third-order valence-electron chi connectivity index (χ3n) is 5.80. The van der Waals surface area contributed by atoms with E-state index in [1.54, 1.807) is 0 Å². The maximum atomic E-state index is 13.8. The zero-order valence-corrected chi connectivity index (χ0v) is 18.0. The average molecular weight is 430 g/mol. The number of hydrogen-bond donors (Lipinski definition) is 2. The molecule has 2 aromatic rings. The molecule has 0 spiro atoms. The minimum atomic E-state index is -0.868. The second-order valence-electron chi connectivity index (χ2n) is 8.10. The molecule has 5 nitrogen and oxygen atoms in total. The lowest BCUT2D eigenvalue weighted by atomic mass is 10.0. The van der Waals surface area contributed by atoms with Crippen molar-refractivity contribution in [1.82, 2.24) is 10.6 Å². The van der Waals surface area contributed by atoms with Crippen LogP contribution in [-0.2, 0) is 0 Å². The van der Waals surface area contributed by atoms with E-state index in [2.05, 4.69) is 29.4 Å². The van der Waals surface area contributed by atoms with E-state index in [1.807, 2.05) is 24.3 Å². The zero-order chi connectivity index (χ0) is 22.4. The summed E-state index contributed by atoms with van der Waals surface area (Å²) in [7, 11) is 0. The highest BCUT2D eigenvalue weighted by atomic mass is 19.1. The molecule has 1 aliphatic rings. The zero-order valence-electron chi connectivity index (χ0n) is 18.0. The van der Waals surface area contributed by atoms with Crippen LogP contribution >= 0.6 is 0 Å². The predicted molar refractivity (Wildman–Crippen MR) is 117 cm³/mol. The number of carbonyl (C=O) groups excluding carboxylic acids is 2. The molecule has 2 aromatic carbocycles. The second-order valence-corrected chi connectivity index (χ2v) is 8.10. The number of rotatable bonds is 7. The van der Waals surface area contributed by atoms with Crippen LogP contribution in [-0.4, -0.2) is 37.5 Å². The van der Waals surface area contributed by atoms with Gasteiger partial charge >= 0.3 is 0 Å². The Morgan fingerprint density at radius 3 is 2.45 bits per heavy atom. The first kappa shape index (κ1) is 22.7. The first-order chi connectivity index (χ1) is 14.9. The quantitative estimate of drug-likeness (QED) is 0.696. The fraction of sp³-hybridized carbons (Fsp3) is 0.417. The van der Waals surface area contributed by atoms with Crippen molar-refractivity contribution in [2.24, 2.45) is 5.92 Å². The molecule has 0 aliphatic carbocycles. The van der Waals surface area contributed by atoms with Crippen LogP contribution in [0.15, 0.2) is 42.5 Å². The van der Waals surface area contributed by atoms with Crippen molar-refractivity contribution < 1.29 is 18.4 Å². The maximum absolute atomic E-state index is 13.8. The van der Waals surface area contributed by atoms with E-state index < -0.39 is 17.5 Å². The normalized spacial score (nSPS) is 15.4. The van der Waals surface area contributed by atoms with Gasteiger partial charge in [-0.15, -0.1) is 0 Å². The summed E-state index contributed by atoms with van der Waals surface area (Å²) in [6.07, 6.45) is 2.33. The SMILES string of the molecule is CC[C@@H](C)CNC(=O)c1ccccc1N1CCC(NC(=O)c2ccc(F)cc2F)CC1. The highest BCUT2D eigenvalue weighted by molar-refractivity contribution is 5.99. The first-order valence-corrected chi connectivity index (χ1v) is 10.8. The van der Waals surface area contributed by atoms with Gasteiger partial charge in [0.25, 0.3) is 11.8 Å². The van der Waals surface area contributed by atoms with Crippen LogP contribution in [0.1, 0.15) is 53.8 Å². The van der Waals surface area contributed by atoms with Gasteiger partial charge in [0.15, 0.2) is 0 Å². The van der Waals surface area contributed by atoms with Gasteiger partial charge in [0, 0.05) is 37.4 Å². The Morgan fingerprint density at radius 1 is 1.06 bits per heavy atom. The van der Waals surface area contributed by atoms with Gasteiger partial charge < -0.3 is 15.5 Å². The third kappa shape index (κ3) is 5.81. The minimum absolute atomic E-state index is 0.0851. The van der Waals surface area contributed by atoms with E-state index in [4.69, 9.17) is 0 Å². The lowest BCUT2D eigenvalue weighted by Crippen LogP contribution is -2.45. The molecule has 1 fully saturated rings. The Balaban J connectivity index is 1.59. The molecule has 1 heterocycles. The summed E-state index contributed by atoms with van der Waals surface area (Å²) in [5.41, 5.74) is 1.35. The Labute approximate surface area is 181 Å². The molecule has 0 saturated carbocycles. The summed E-state index contributed by atoms with van der Waals surface area (Å²) in [5.74, 6) is -1.79. The Hall–Kier alpha value is -2.96. The molecular formula is C24H29F2N3O2. The smallest absolute Gasteiger partial charge is 0.254 e. The predicted octanol–water partition coefficient (Wildman–Crippen LogP) is 4.14. The van der Waals surface area contributed by atoms with Gasteiger partial charge in [-0.3, -0.25) is 9.59 Å². The van der Waals surface area contributed by atoms with Crippen LogP contribution in [0.25, 0.3) is 0 Å². The number of hydrogen-bond acceptors (Lipinski definition) is 3. The molecule has 0 unspecified atom stereocenters.